The van der Waals surface area contributed by atoms with Crippen molar-refractivity contribution in [2.75, 3.05) is 6.61 Å². The van der Waals surface area contributed by atoms with E-state index in [9.17, 15) is 14.9 Å². The van der Waals surface area contributed by atoms with Gasteiger partial charge in [0.25, 0.3) is 11.2 Å². The smallest absolute Gasteiger partial charge is 0.270 e. The fourth-order valence-corrected chi connectivity index (χ4v) is 2.15. The van der Waals surface area contributed by atoms with Crippen LogP contribution in [0, 0.1) is 21.4 Å². The lowest BCUT2D eigenvalue weighted by molar-refractivity contribution is -0.384. The molecule has 0 radical (unpaired) electrons. The molecule has 0 unspecified atom stereocenters. The summed E-state index contributed by atoms with van der Waals surface area (Å²) in [6.45, 7) is 0.125. The van der Waals surface area contributed by atoms with E-state index in [2.05, 4.69) is 0 Å². The molecule has 1 N–H and O–H groups in total. The summed E-state index contributed by atoms with van der Waals surface area (Å²) in [4.78, 5) is 22.6. The standard InChI is InChI=1S/C15H13N3O4/c16-10-12-5-6-14(17(15(12)20)7-2-8-19)11-3-1-4-13(9-11)18(21)22/h1,3-6,9,19H,2,7-8H2. The van der Waals surface area contributed by atoms with Gasteiger partial charge in [-0.3, -0.25) is 14.9 Å². The van der Waals surface area contributed by atoms with Crippen LogP contribution < -0.4 is 5.56 Å². The zero-order chi connectivity index (χ0) is 16.1. The molecular weight excluding hydrogens is 286 g/mol. The minimum atomic E-state index is -0.511. The SMILES string of the molecule is N#Cc1ccc(-c2cccc([N+](=O)[O-])c2)n(CCCO)c1=O. The Bertz CT molecular complexity index is 805. The Morgan fingerprint density at radius 1 is 1.32 bits per heavy atom. The van der Waals surface area contributed by atoms with Gasteiger partial charge in [-0.25, -0.2) is 0 Å². The highest BCUT2D eigenvalue weighted by molar-refractivity contribution is 5.63. The molecule has 0 atom stereocenters. The van der Waals surface area contributed by atoms with Gasteiger partial charge in [-0.1, -0.05) is 12.1 Å². The van der Waals surface area contributed by atoms with Crippen LogP contribution in [0.5, 0.6) is 0 Å². The Labute approximate surface area is 125 Å². The van der Waals surface area contributed by atoms with Gasteiger partial charge in [-0.15, -0.1) is 0 Å². The summed E-state index contributed by atoms with van der Waals surface area (Å²) in [6.07, 6.45) is 0.344. The highest BCUT2D eigenvalue weighted by atomic mass is 16.6. The second-order valence-corrected chi connectivity index (χ2v) is 4.59. The van der Waals surface area contributed by atoms with Crippen molar-refractivity contribution < 1.29 is 10.0 Å². The van der Waals surface area contributed by atoms with E-state index in [-0.39, 0.29) is 24.4 Å². The summed E-state index contributed by atoms with van der Waals surface area (Å²) in [7, 11) is 0. The largest absolute Gasteiger partial charge is 0.396 e. The molecule has 1 aromatic heterocycles. The second-order valence-electron chi connectivity index (χ2n) is 4.59. The number of aliphatic hydroxyl groups is 1. The minimum absolute atomic E-state index is 0.00730. The van der Waals surface area contributed by atoms with Crippen molar-refractivity contribution in [2.24, 2.45) is 0 Å². The average molecular weight is 299 g/mol. The van der Waals surface area contributed by atoms with Crippen LogP contribution in [0.15, 0.2) is 41.2 Å². The molecule has 0 aliphatic rings. The molecule has 1 aromatic carbocycles. The van der Waals surface area contributed by atoms with Gasteiger partial charge in [0.2, 0.25) is 0 Å². The molecule has 1 heterocycles. The van der Waals surface area contributed by atoms with Gasteiger partial charge in [-0.2, -0.15) is 5.26 Å². The quantitative estimate of drug-likeness (QED) is 0.667. The normalized spacial score (nSPS) is 10.2. The highest BCUT2D eigenvalue weighted by Crippen LogP contribution is 2.23. The molecule has 0 aliphatic heterocycles. The van der Waals surface area contributed by atoms with Gasteiger partial charge >= 0.3 is 0 Å². The van der Waals surface area contributed by atoms with Crippen molar-refractivity contribution in [1.82, 2.24) is 4.57 Å². The molecule has 112 valence electrons. The Hall–Kier alpha value is -2.98. The molecule has 2 rings (SSSR count). The second kappa shape index (κ2) is 6.65. The predicted octanol–water partition coefficient (Wildman–Crippen LogP) is 1.68. The first kappa shape index (κ1) is 15.4. The summed E-state index contributed by atoms with van der Waals surface area (Å²) in [6, 6.07) is 10.7. The lowest BCUT2D eigenvalue weighted by atomic mass is 10.1. The lowest BCUT2D eigenvalue weighted by Crippen LogP contribution is -2.24. The number of nitriles is 1. The van der Waals surface area contributed by atoms with Gasteiger partial charge in [0.15, 0.2) is 0 Å². The molecule has 0 spiro atoms. The number of nitro benzene ring substituents is 1. The van der Waals surface area contributed by atoms with E-state index in [1.54, 1.807) is 12.1 Å². The Morgan fingerprint density at radius 2 is 2.09 bits per heavy atom. The molecule has 0 fully saturated rings. The fourth-order valence-electron chi connectivity index (χ4n) is 2.15. The zero-order valence-corrected chi connectivity index (χ0v) is 11.6. The molecule has 0 saturated heterocycles. The van der Waals surface area contributed by atoms with E-state index in [1.165, 1.54) is 28.8 Å². The van der Waals surface area contributed by atoms with Crippen molar-refractivity contribution in [3.63, 3.8) is 0 Å². The third kappa shape index (κ3) is 3.02. The van der Waals surface area contributed by atoms with Gasteiger partial charge < -0.3 is 9.67 Å². The van der Waals surface area contributed by atoms with Gasteiger partial charge in [-0.05, 0) is 18.6 Å². The molecule has 22 heavy (non-hydrogen) atoms. The first-order valence-corrected chi connectivity index (χ1v) is 6.58. The number of nitro groups is 1. The first-order chi connectivity index (χ1) is 10.6. The van der Waals surface area contributed by atoms with Crippen LogP contribution in [0.25, 0.3) is 11.3 Å². The van der Waals surface area contributed by atoms with E-state index in [0.717, 1.165) is 0 Å². The summed E-state index contributed by atoms with van der Waals surface area (Å²) in [5.74, 6) is 0. The predicted molar refractivity (Wildman–Crippen MR) is 79.2 cm³/mol. The first-order valence-electron chi connectivity index (χ1n) is 6.58. The van der Waals surface area contributed by atoms with E-state index < -0.39 is 10.5 Å². The molecule has 7 heteroatoms. The molecule has 0 amide bonds. The number of rotatable bonds is 5. The van der Waals surface area contributed by atoms with Crippen LogP contribution in [0.4, 0.5) is 5.69 Å². The number of aromatic nitrogens is 1. The summed E-state index contributed by atoms with van der Waals surface area (Å²) in [5.41, 5.74) is 0.421. The van der Waals surface area contributed by atoms with E-state index >= 15 is 0 Å². The van der Waals surface area contributed by atoms with Crippen molar-refractivity contribution in [2.45, 2.75) is 13.0 Å². The number of benzene rings is 1. The molecule has 2 aromatic rings. The summed E-state index contributed by atoms with van der Waals surface area (Å²) in [5, 5.41) is 28.8. The molecule has 0 aliphatic carbocycles. The maximum atomic E-state index is 12.2. The van der Waals surface area contributed by atoms with Crippen LogP contribution >= 0.6 is 0 Å². The third-order valence-electron chi connectivity index (χ3n) is 3.19. The van der Waals surface area contributed by atoms with E-state index in [0.29, 0.717) is 17.7 Å². The number of nitrogens with zero attached hydrogens (tertiary/aromatic N) is 3. The topological polar surface area (TPSA) is 109 Å². The molecule has 0 bridgehead atoms. The highest BCUT2D eigenvalue weighted by Gasteiger charge is 2.13. The number of non-ortho nitro benzene ring substituents is 1. The lowest BCUT2D eigenvalue weighted by Gasteiger charge is -2.12. The zero-order valence-electron chi connectivity index (χ0n) is 11.6. The fraction of sp³-hybridized carbons (Fsp3) is 0.200. The Kier molecular flexibility index (Phi) is 4.66. The number of aliphatic hydroxyl groups excluding tert-OH is 1. The van der Waals surface area contributed by atoms with E-state index in [4.69, 9.17) is 10.4 Å². The van der Waals surface area contributed by atoms with Crippen LogP contribution in [0.3, 0.4) is 0 Å². The maximum absolute atomic E-state index is 12.2. The van der Waals surface area contributed by atoms with Crippen LogP contribution in [-0.4, -0.2) is 21.2 Å². The van der Waals surface area contributed by atoms with Crippen LogP contribution in [0.2, 0.25) is 0 Å². The molecular formula is C15H13N3O4. The number of hydrogen-bond donors (Lipinski definition) is 1. The van der Waals surface area contributed by atoms with Gasteiger partial charge in [0.05, 0.1) is 10.6 Å². The van der Waals surface area contributed by atoms with Gasteiger partial charge in [0.1, 0.15) is 11.6 Å². The molecule has 7 nitrogen and oxygen atoms in total. The average Bonchev–Trinajstić information content (AvgIpc) is 2.53. The molecule has 0 saturated carbocycles. The third-order valence-corrected chi connectivity index (χ3v) is 3.19. The Morgan fingerprint density at radius 3 is 2.73 bits per heavy atom. The summed E-state index contributed by atoms with van der Waals surface area (Å²) >= 11 is 0. The van der Waals surface area contributed by atoms with Crippen molar-refractivity contribution in [3.8, 4) is 17.3 Å². The van der Waals surface area contributed by atoms with Gasteiger partial charge in [0, 0.05) is 30.8 Å². The van der Waals surface area contributed by atoms with E-state index in [1.807, 2.05) is 6.07 Å². The van der Waals surface area contributed by atoms with Crippen molar-refractivity contribution >= 4 is 5.69 Å². The number of pyridine rings is 1. The van der Waals surface area contributed by atoms with Crippen LogP contribution in [0.1, 0.15) is 12.0 Å². The monoisotopic (exact) mass is 299 g/mol. The van der Waals surface area contributed by atoms with Crippen LogP contribution in [-0.2, 0) is 6.54 Å². The summed E-state index contributed by atoms with van der Waals surface area (Å²) < 4.78 is 1.35. The number of hydrogen-bond acceptors (Lipinski definition) is 5. The van der Waals surface area contributed by atoms with Crippen molar-refractivity contribution in [3.05, 3.63) is 62.4 Å². The Balaban J connectivity index is 2.62. The minimum Gasteiger partial charge on any atom is -0.396 e. The van der Waals surface area contributed by atoms with Crippen molar-refractivity contribution in [1.29, 1.82) is 5.26 Å². The maximum Gasteiger partial charge on any atom is 0.270 e.